The van der Waals surface area contributed by atoms with Crippen molar-refractivity contribution in [3.05, 3.63) is 29.3 Å². The Morgan fingerprint density at radius 2 is 2.11 bits per heavy atom. The van der Waals surface area contributed by atoms with E-state index in [9.17, 15) is 4.79 Å². The third kappa shape index (κ3) is 5.70. The minimum absolute atomic E-state index is 0.0550. The smallest absolute Gasteiger partial charge is 0.263 e. The number of carbonyl (C=O) groups is 1. The van der Waals surface area contributed by atoms with E-state index < -0.39 is 6.10 Å². The molecule has 2 atom stereocenters. The first-order valence-electron chi connectivity index (χ1n) is 6.21. The minimum atomic E-state index is -0.547. The second-order valence-electron chi connectivity index (χ2n) is 4.55. The highest BCUT2D eigenvalue weighted by atomic mass is 35.5. The zero-order valence-corrected chi connectivity index (χ0v) is 12.9. The number of carbonyl (C=O) groups excluding carboxylic acids is 1. The lowest BCUT2D eigenvalue weighted by molar-refractivity contribution is -0.136. The Morgan fingerprint density at radius 3 is 2.68 bits per heavy atom. The van der Waals surface area contributed by atoms with Crippen molar-refractivity contribution in [2.45, 2.75) is 31.7 Å². The topological polar surface area (TPSA) is 29.5 Å². The third-order valence-electron chi connectivity index (χ3n) is 2.70. The van der Waals surface area contributed by atoms with Gasteiger partial charge in [-0.1, -0.05) is 17.7 Å². The van der Waals surface area contributed by atoms with E-state index in [4.69, 9.17) is 27.9 Å². The van der Waals surface area contributed by atoms with Gasteiger partial charge in [-0.3, -0.25) is 4.79 Å². The maximum absolute atomic E-state index is 12.1. The highest BCUT2D eigenvalue weighted by Gasteiger charge is 2.19. The molecule has 0 aromatic heterocycles. The number of benzene rings is 1. The van der Waals surface area contributed by atoms with Crippen molar-refractivity contribution < 1.29 is 9.53 Å². The maximum Gasteiger partial charge on any atom is 0.263 e. The summed E-state index contributed by atoms with van der Waals surface area (Å²) in [7, 11) is 1.75. The first-order valence-corrected chi connectivity index (χ1v) is 7.03. The fourth-order valence-corrected chi connectivity index (χ4v) is 1.86. The van der Waals surface area contributed by atoms with E-state index in [0.717, 1.165) is 6.42 Å². The fourth-order valence-electron chi connectivity index (χ4n) is 1.59. The van der Waals surface area contributed by atoms with Crippen LogP contribution in [0.3, 0.4) is 0 Å². The number of alkyl halides is 1. The second kappa shape index (κ2) is 7.61. The van der Waals surface area contributed by atoms with Gasteiger partial charge in [0.2, 0.25) is 0 Å². The predicted molar refractivity (Wildman–Crippen MR) is 79.1 cm³/mol. The van der Waals surface area contributed by atoms with Gasteiger partial charge >= 0.3 is 0 Å². The van der Waals surface area contributed by atoms with E-state index in [2.05, 4.69) is 0 Å². The molecule has 0 fully saturated rings. The van der Waals surface area contributed by atoms with Gasteiger partial charge in [0.15, 0.2) is 6.10 Å². The molecule has 0 spiro atoms. The van der Waals surface area contributed by atoms with Gasteiger partial charge in [0.05, 0.1) is 0 Å². The lowest BCUT2D eigenvalue weighted by atomic mass is 10.2. The molecule has 1 amide bonds. The molecule has 0 aliphatic heterocycles. The van der Waals surface area contributed by atoms with Gasteiger partial charge in [0, 0.05) is 24.0 Å². The van der Waals surface area contributed by atoms with Crippen LogP contribution in [-0.2, 0) is 4.79 Å². The molecule has 0 aliphatic rings. The summed E-state index contributed by atoms with van der Waals surface area (Å²) in [6, 6.07) is 7.01. The number of hydrogen-bond acceptors (Lipinski definition) is 2. The largest absolute Gasteiger partial charge is 0.481 e. The lowest BCUT2D eigenvalue weighted by Crippen LogP contribution is -2.38. The fraction of sp³-hybridized carbons (Fsp3) is 0.500. The van der Waals surface area contributed by atoms with Crippen molar-refractivity contribution in [2.75, 3.05) is 13.6 Å². The van der Waals surface area contributed by atoms with Crippen LogP contribution in [0, 0.1) is 0 Å². The molecule has 1 aromatic carbocycles. The van der Waals surface area contributed by atoms with Crippen LogP contribution in [0.5, 0.6) is 5.75 Å². The van der Waals surface area contributed by atoms with Crippen molar-refractivity contribution in [3.63, 3.8) is 0 Å². The van der Waals surface area contributed by atoms with Gasteiger partial charge in [0.1, 0.15) is 5.75 Å². The molecule has 3 nitrogen and oxygen atoms in total. The van der Waals surface area contributed by atoms with E-state index in [1.54, 1.807) is 43.1 Å². The van der Waals surface area contributed by atoms with Crippen molar-refractivity contribution in [1.82, 2.24) is 4.90 Å². The first-order chi connectivity index (χ1) is 8.90. The summed E-state index contributed by atoms with van der Waals surface area (Å²) in [6.07, 6.45) is 0.210. The molecular formula is C14H19Cl2NO2. The molecule has 0 bridgehead atoms. The van der Waals surface area contributed by atoms with E-state index in [1.807, 2.05) is 6.92 Å². The van der Waals surface area contributed by atoms with Crippen LogP contribution in [0.15, 0.2) is 24.3 Å². The standard InChI is InChI=1S/C14H19Cl2NO2/c1-10(15)7-8-17(3)14(18)11(2)19-13-6-4-5-12(16)9-13/h4-6,9-11H,7-8H2,1-3H3. The number of nitrogens with zero attached hydrogens (tertiary/aromatic N) is 1. The Balaban J connectivity index is 2.52. The van der Waals surface area contributed by atoms with Crippen LogP contribution < -0.4 is 4.74 Å². The second-order valence-corrected chi connectivity index (χ2v) is 5.73. The third-order valence-corrected chi connectivity index (χ3v) is 3.15. The molecule has 0 radical (unpaired) electrons. The van der Waals surface area contributed by atoms with Crippen molar-refractivity contribution in [1.29, 1.82) is 0 Å². The summed E-state index contributed by atoms with van der Waals surface area (Å²) in [5.41, 5.74) is 0. The van der Waals surface area contributed by atoms with Crippen LogP contribution in [0.1, 0.15) is 20.3 Å². The number of likely N-dealkylation sites (N-methyl/N-ethyl adjacent to an activating group) is 1. The van der Waals surface area contributed by atoms with Gasteiger partial charge < -0.3 is 9.64 Å². The van der Waals surface area contributed by atoms with Crippen LogP contribution in [0.25, 0.3) is 0 Å². The van der Waals surface area contributed by atoms with Gasteiger partial charge in [-0.15, -0.1) is 11.6 Å². The molecule has 1 rings (SSSR count). The Labute approximate surface area is 124 Å². The monoisotopic (exact) mass is 303 g/mol. The zero-order valence-electron chi connectivity index (χ0n) is 11.4. The van der Waals surface area contributed by atoms with Crippen LogP contribution >= 0.6 is 23.2 Å². The van der Waals surface area contributed by atoms with Crippen LogP contribution in [-0.4, -0.2) is 35.9 Å². The SMILES string of the molecule is CC(Cl)CCN(C)C(=O)C(C)Oc1cccc(Cl)c1. The number of hydrogen-bond donors (Lipinski definition) is 0. The average Bonchev–Trinajstić information content (AvgIpc) is 2.34. The normalized spacial score (nSPS) is 13.7. The first kappa shape index (κ1) is 16.1. The molecule has 0 heterocycles. The summed E-state index contributed by atoms with van der Waals surface area (Å²) in [6.45, 7) is 4.25. The summed E-state index contributed by atoms with van der Waals surface area (Å²) < 4.78 is 5.58. The number of rotatable bonds is 6. The van der Waals surface area contributed by atoms with Crippen molar-refractivity contribution >= 4 is 29.1 Å². The molecule has 0 saturated heterocycles. The quantitative estimate of drug-likeness (QED) is 0.752. The molecular weight excluding hydrogens is 285 g/mol. The Kier molecular flexibility index (Phi) is 6.46. The number of ether oxygens (including phenoxy) is 1. The molecule has 19 heavy (non-hydrogen) atoms. The molecule has 5 heteroatoms. The van der Waals surface area contributed by atoms with Crippen LogP contribution in [0.2, 0.25) is 5.02 Å². The van der Waals surface area contributed by atoms with E-state index in [0.29, 0.717) is 17.3 Å². The minimum Gasteiger partial charge on any atom is -0.481 e. The highest BCUT2D eigenvalue weighted by molar-refractivity contribution is 6.30. The van der Waals surface area contributed by atoms with Crippen molar-refractivity contribution in [2.24, 2.45) is 0 Å². The molecule has 0 N–H and O–H groups in total. The highest BCUT2D eigenvalue weighted by Crippen LogP contribution is 2.18. The van der Waals surface area contributed by atoms with Crippen LogP contribution in [0.4, 0.5) is 0 Å². The summed E-state index contributed by atoms with van der Waals surface area (Å²) in [5, 5.41) is 0.640. The van der Waals surface area contributed by atoms with E-state index >= 15 is 0 Å². The number of amides is 1. The van der Waals surface area contributed by atoms with Gasteiger partial charge in [-0.05, 0) is 38.5 Å². The Morgan fingerprint density at radius 1 is 1.42 bits per heavy atom. The predicted octanol–water partition coefficient (Wildman–Crippen LogP) is 3.58. The Hall–Kier alpha value is -0.930. The van der Waals surface area contributed by atoms with Gasteiger partial charge in [-0.25, -0.2) is 0 Å². The molecule has 2 unspecified atom stereocenters. The van der Waals surface area contributed by atoms with Crippen molar-refractivity contribution in [3.8, 4) is 5.75 Å². The summed E-state index contributed by atoms with van der Waals surface area (Å²) >= 11 is 11.7. The molecule has 1 aromatic rings. The zero-order chi connectivity index (χ0) is 14.4. The molecule has 106 valence electrons. The summed E-state index contributed by atoms with van der Waals surface area (Å²) in [5.74, 6) is 0.518. The number of halogens is 2. The lowest BCUT2D eigenvalue weighted by Gasteiger charge is -2.22. The Bertz CT molecular complexity index is 424. The van der Waals surface area contributed by atoms with E-state index in [-0.39, 0.29) is 11.3 Å². The maximum atomic E-state index is 12.1. The van der Waals surface area contributed by atoms with E-state index in [1.165, 1.54) is 0 Å². The molecule has 0 saturated carbocycles. The van der Waals surface area contributed by atoms with Gasteiger partial charge in [0.25, 0.3) is 5.91 Å². The summed E-state index contributed by atoms with van der Waals surface area (Å²) in [4.78, 5) is 13.7. The van der Waals surface area contributed by atoms with Gasteiger partial charge in [-0.2, -0.15) is 0 Å². The average molecular weight is 304 g/mol. The molecule has 0 aliphatic carbocycles.